The molecule has 1 rings (SSSR count). The monoisotopic (exact) mass is 287 g/mol. The van der Waals surface area contributed by atoms with Gasteiger partial charge >= 0.3 is 0 Å². The second-order valence-electron chi connectivity index (χ2n) is 6.31. The molecule has 0 amide bonds. The molecule has 0 aliphatic rings. The Morgan fingerprint density at radius 1 is 0.714 bits per heavy atom. The van der Waals surface area contributed by atoms with E-state index in [0.29, 0.717) is 0 Å². The van der Waals surface area contributed by atoms with E-state index >= 15 is 0 Å². The Kier molecular flexibility index (Phi) is 9.46. The molecule has 0 unspecified atom stereocenters. The van der Waals surface area contributed by atoms with Gasteiger partial charge in [-0.1, -0.05) is 59.1 Å². The number of hydrogen-bond acceptors (Lipinski definition) is 0. The number of rotatable bonds is 11. The lowest BCUT2D eigenvalue weighted by molar-refractivity contribution is 0.749. The highest BCUT2D eigenvalue weighted by Crippen LogP contribution is 2.24. The van der Waals surface area contributed by atoms with Crippen molar-refractivity contribution in [1.82, 2.24) is 0 Å². The number of hydrogen-bond donors (Lipinski definition) is 0. The van der Waals surface area contributed by atoms with Crippen LogP contribution in [0.2, 0.25) is 0 Å². The van der Waals surface area contributed by atoms with Gasteiger partial charge < -0.3 is 0 Å². The molecular weight excluding hydrogens is 252 g/mol. The number of benzene rings is 1. The topological polar surface area (TPSA) is 0 Å². The van der Waals surface area contributed by atoms with E-state index in [9.17, 15) is 0 Å². The van der Waals surface area contributed by atoms with Crippen LogP contribution in [0.3, 0.4) is 0 Å². The van der Waals surface area contributed by atoms with Crippen LogP contribution in [0.25, 0.3) is 0 Å². The van der Waals surface area contributed by atoms with Gasteiger partial charge in [-0.15, -0.1) is 0 Å². The van der Waals surface area contributed by atoms with Gasteiger partial charge in [0.2, 0.25) is 0 Å². The third-order valence-electron chi connectivity index (χ3n) is 4.34. The van der Waals surface area contributed by atoms with Gasteiger partial charge in [0.15, 0.2) is 0 Å². The van der Waals surface area contributed by atoms with Gasteiger partial charge in [-0.25, -0.2) is 0 Å². The molecule has 0 bridgehead atoms. The molecule has 0 aromatic heterocycles. The van der Waals surface area contributed by atoms with E-state index in [-0.39, 0.29) is 0 Å². The largest absolute Gasteiger partial charge is 0.0654 e. The minimum Gasteiger partial charge on any atom is -0.0654 e. The Bertz CT molecular complexity index is 360. The summed E-state index contributed by atoms with van der Waals surface area (Å²) in [5.74, 6) is 0. The Labute approximate surface area is 133 Å². The summed E-state index contributed by atoms with van der Waals surface area (Å²) >= 11 is 0. The smallest absolute Gasteiger partial charge is 0.0273 e. The molecule has 0 N–H and O–H groups in total. The van der Waals surface area contributed by atoms with Crippen molar-refractivity contribution in [2.45, 2.75) is 91.4 Å². The van der Waals surface area contributed by atoms with Crippen LogP contribution in [0.1, 0.15) is 88.0 Å². The second kappa shape index (κ2) is 10.9. The SMILES string of the molecule is [CH2]CCc1c(CCCC)cc(CCCC)cc1CCCC. The minimum atomic E-state index is 1.02. The predicted molar refractivity (Wildman–Crippen MR) is 96.0 cm³/mol. The normalized spacial score (nSPS) is 11.0. The maximum atomic E-state index is 4.10. The number of aryl methyl sites for hydroxylation is 3. The van der Waals surface area contributed by atoms with Crippen LogP contribution in [0.5, 0.6) is 0 Å². The van der Waals surface area contributed by atoms with Crippen LogP contribution >= 0.6 is 0 Å². The zero-order chi connectivity index (χ0) is 15.5. The van der Waals surface area contributed by atoms with Crippen LogP contribution in [0.15, 0.2) is 12.1 Å². The van der Waals surface area contributed by atoms with Crippen molar-refractivity contribution in [3.63, 3.8) is 0 Å². The first kappa shape index (κ1) is 18.3. The molecule has 0 heterocycles. The predicted octanol–water partition coefficient (Wildman–Crippen LogP) is 6.48. The van der Waals surface area contributed by atoms with Crippen LogP contribution in [0.4, 0.5) is 0 Å². The molecule has 0 saturated heterocycles. The summed E-state index contributed by atoms with van der Waals surface area (Å²) in [5.41, 5.74) is 6.45. The highest BCUT2D eigenvalue weighted by molar-refractivity contribution is 5.40. The quantitative estimate of drug-likeness (QED) is 0.437. The van der Waals surface area contributed by atoms with Crippen molar-refractivity contribution in [3.8, 4) is 0 Å². The van der Waals surface area contributed by atoms with Crippen LogP contribution in [0, 0.1) is 6.92 Å². The third kappa shape index (κ3) is 6.24. The standard InChI is InChI=1S/C21H35/c1-5-9-13-18-16-19(14-10-6-2)21(12-8-4)20(17-18)15-11-7-3/h16-17H,4-15H2,1-3H3. The highest BCUT2D eigenvalue weighted by Gasteiger charge is 2.10. The molecule has 119 valence electrons. The molecule has 21 heavy (non-hydrogen) atoms. The van der Waals surface area contributed by atoms with E-state index in [2.05, 4.69) is 39.8 Å². The molecule has 1 aromatic rings. The summed E-state index contributed by atoms with van der Waals surface area (Å²) in [4.78, 5) is 0. The Morgan fingerprint density at radius 2 is 1.19 bits per heavy atom. The van der Waals surface area contributed by atoms with Crippen molar-refractivity contribution in [2.75, 3.05) is 0 Å². The zero-order valence-electron chi connectivity index (χ0n) is 14.6. The van der Waals surface area contributed by atoms with Crippen LogP contribution < -0.4 is 0 Å². The molecule has 0 nitrogen and oxygen atoms in total. The van der Waals surface area contributed by atoms with Crippen molar-refractivity contribution >= 4 is 0 Å². The first-order valence-electron chi connectivity index (χ1n) is 9.19. The van der Waals surface area contributed by atoms with Gasteiger partial charge in [0, 0.05) is 0 Å². The maximum absolute atomic E-state index is 4.10. The average molecular weight is 288 g/mol. The molecule has 0 aliphatic carbocycles. The minimum absolute atomic E-state index is 1.02. The zero-order valence-corrected chi connectivity index (χ0v) is 14.6. The first-order valence-corrected chi connectivity index (χ1v) is 9.19. The van der Waals surface area contributed by atoms with Gasteiger partial charge in [-0.3, -0.25) is 0 Å². The van der Waals surface area contributed by atoms with Crippen molar-refractivity contribution in [1.29, 1.82) is 0 Å². The van der Waals surface area contributed by atoms with E-state index in [1.165, 1.54) is 57.8 Å². The molecule has 0 spiro atoms. The number of unbranched alkanes of at least 4 members (excludes halogenated alkanes) is 3. The lowest BCUT2D eigenvalue weighted by atomic mass is 9.88. The fourth-order valence-electron chi connectivity index (χ4n) is 3.07. The Morgan fingerprint density at radius 3 is 1.62 bits per heavy atom. The maximum Gasteiger partial charge on any atom is -0.0273 e. The van der Waals surface area contributed by atoms with Gasteiger partial charge in [-0.2, -0.15) is 0 Å². The fraction of sp³-hybridized carbons (Fsp3) is 0.667. The molecule has 0 fully saturated rings. The molecule has 0 heteroatoms. The molecule has 0 saturated carbocycles. The van der Waals surface area contributed by atoms with Crippen molar-refractivity contribution in [2.24, 2.45) is 0 Å². The summed E-state index contributed by atoms with van der Waals surface area (Å²) in [6.45, 7) is 11.0. The molecule has 1 aromatic carbocycles. The van der Waals surface area contributed by atoms with E-state index in [4.69, 9.17) is 0 Å². The average Bonchev–Trinajstić information content (AvgIpc) is 2.50. The van der Waals surface area contributed by atoms with Gasteiger partial charge in [-0.05, 0) is 73.6 Å². The Balaban J connectivity index is 3.07. The van der Waals surface area contributed by atoms with Gasteiger partial charge in [0.1, 0.15) is 0 Å². The summed E-state index contributed by atoms with van der Waals surface area (Å²) in [7, 11) is 0. The summed E-state index contributed by atoms with van der Waals surface area (Å²) < 4.78 is 0. The van der Waals surface area contributed by atoms with Gasteiger partial charge in [0.05, 0.1) is 0 Å². The first-order chi connectivity index (χ1) is 10.3. The molecular formula is C21H35. The third-order valence-corrected chi connectivity index (χ3v) is 4.34. The van der Waals surface area contributed by atoms with Gasteiger partial charge in [0.25, 0.3) is 0 Å². The fourth-order valence-corrected chi connectivity index (χ4v) is 3.07. The lowest BCUT2D eigenvalue weighted by Gasteiger charge is -2.17. The van der Waals surface area contributed by atoms with Crippen molar-refractivity contribution < 1.29 is 0 Å². The Hall–Kier alpha value is -0.780. The molecule has 0 aliphatic heterocycles. The van der Waals surface area contributed by atoms with E-state index in [1.54, 1.807) is 22.3 Å². The van der Waals surface area contributed by atoms with E-state index < -0.39 is 0 Å². The summed E-state index contributed by atoms with van der Waals surface area (Å²) in [6.07, 6.45) is 13.7. The van der Waals surface area contributed by atoms with E-state index in [0.717, 1.165) is 12.8 Å². The molecule has 0 atom stereocenters. The van der Waals surface area contributed by atoms with Crippen LogP contribution in [-0.4, -0.2) is 0 Å². The second-order valence-corrected chi connectivity index (χ2v) is 6.31. The van der Waals surface area contributed by atoms with E-state index in [1.807, 2.05) is 0 Å². The molecule has 1 radical (unpaired) electrons. The summed E-state index contributed by atoms with van der Waals surface area (Å²) in [5, 5.41) is 0. The lowest BCUT2D eigenvalue weighted by Crippen LogP contribution is -2.04. The van der Waals surface area contributed by atoms with Crippen molar-refractivity contribution in [3.05, 3.63) is 41.3 Å². The summed E-state index contributed by atoms with van der Waals surface area (Å²) in [6, 6.07) is 5.01. The van der Waals surface area contributed by atoms with Crippen LogP contribution in [-0.2, 0) is 25.7 Å². The highest BCUT2D eigenvalue weighted by atomic mass is 14.2.